The van der Waals surface area contributed by atoms with Gasteiger partial charge in [0.05, 0.1) is 12.2 Å². The minimum Gasteiger partial charge on any atom is -0.454 e. The number of thiazole rings is 1. The lowest BCUT2D eigenvalue weighted by Gasteiger charge is -2.22. The Morgan fingerprint density at radius 2 is 2.04 bits per heavy atom. The van der Waals surface area contributed by atoms with Crippen molar-refractivity contribution in [2.45, 2.75) is 19.0 Å². The topological polar surface area (TPSA) is 102 Å². The zero-order valence-electron chi connectivity index (χ0n) is 14.7. The molecular weight excluding hydrogens is 384 g/mol. The van der Waals surface area contributed by atoms with Crippen molar-refractivity contribution in [3.63, 3.8) is 0 Å². The molecule has 0 radical (unpaired) electrons. The van der Waals surface area contributed by atoms with Crippen LogP contribution in [-0.4, -0.2) is 33.0 Å². The molecule has 5 rings (SSSR count). The largest absolute Gasteiger partial charge is 0.454 e. The molecule has 3 aromatic rings. The first-order valence-electron chi connectivity index (χ1n) is 8.46. The Labute approximate surface area is 162 Å². The van der Waals surface area contributed by atoms with Crippen molar-refractivity contribution in [1.82, 2.24) is 19.6 Å². The van der Waals surface area contributed by atoms with Crippen molar-refractivity contribution in [1.29, 1.82) is 0 Å². The highest BCUT2D eigenvalue weighted by atomic mass is 32.1. The molecule has 28 heavy (non-hydrogen) atoms. The van der Waals surface area contributed by atoms with Crippen LogP contribution < -0.4 is 20.3 Å². The molecule has 2 aromatic heterocycles. The first kappa shape index (κ1) is 16.8. The molecule has 1 N–H and O–H groups in total. The summed E-state index contributed by atoms with van der Waals surface area (Å²) in [6.07, 6.45) is 1.63. The number of nitrogens with zero attached hydrogens (tertiary/aromatic N) is 3. The molecule has 2 aliphatic heterocycles. The van der Waals surface area contributed by atoms with E-state index < -0.39 is 17.5 Å². The van der Waals surface area contributed by atoms with Gasteiger partial charge in [0.2, 0.25) is 6.79 Å². The molecule has 0 aliphatic carbocycles. The Morgan fingerprint density at radius 3 is 2.89 bits per heavy atom. The standard InChI is InChI=1S/C18H14N4O5S/c1-18(10-2-3-12-13(6-10)27-9-26-12)15(24)22(16(25)20-18)8-11-7-14(23)21-4-5-28-17(21)19-11/h2-7H,8-9H2,1H3,(H,20,25). The fraction of sp³-hybridized carbons (Fsp3) is 0.222. The van der Waals surface area contributed by atoms with Crippen LogP contribution in [0.1, 0.15) is 18.2 Å². The molecule has 4 heterocycles. The van der Waals surface area contributed by atoms with Crippen LogP contribution in [0.2, 0.25) is 0 Å². The van der Waals surface area contributed by atoms with Gasteiger partial charge in [0.1, 0.15) is 5.54 Å². The van der Waals surface area contributed by atoms with Gasteiger partial charge in [0, 0.05) is 17.6 Å². The predicted octanol–water partition coefficient (Wildman–Crippen LogP) is 1.45. The van der Waals surface area contributed by atoms with E-state index in [4.69, 9.17) is 9.47 Å². The number of carbonyl (C=O) groups excluding carboxylic acids is 2. The number of benzene rings is 1. The number of nitrogens with one attached hydrogen (secondary N) is 1. The van der Waals surface area contributed by atoms with Crippen molar-refractivity contribution in [3.8, 4) is 11.5 Å². The van der Waals surface area contributed by atoms with Gasteiger partial charge in [-0.1, -0.05) is 6.07 Å². The van der Waals surface area contributed by atoms with E-state index in [9.17, 15) is 14.4 Å². The molecular formula is C18H14N4O5S. The maximum absolute atomic E-state index is 13.1. The first-order valence-corrected chi connectivity index (χ1v) is 9.34. The molecule has 9 nitrogen and oxygen atoms in total. The molecule has 0 spiro atoms. The smallest absolute Gasteiger partial charge is 0.325 e. The third-order valence-corrected chi connectivity index (χ3v) is 5.66. The van der Waals surface area contributed by atoms with Gasteiger partial charge in [0.15, 0.2) is 16.5 Å². The van der Waals surface area contributed by atoms with Gasteiger partial charge in [-0.3, -0.25) is 18.9 Å². The Morgan fingerprint density at radius 1 is 1.21 bits per heavy atom. The Hall–Kier alpha value is -3.40. The van der Waals surface area contributed by atoms with Gasteiger partial charge in [-0.05, 0) is 24.6 Å². The van der Waals surface area contributed by atoms with Crippen LogP contribution in [0.4, 0.5) is 4.79 Å². The van der Waals surface area contributed by atoms with Crippen molar-refractivity contribution < 1.29 is 19.1 Å². The molecule has 1 fully saturated rings. The number of ether oxygens (including phenoxy) is 2. The van der Waals surface area contributed by atoms with Crippen molar-refractivity contribution in [2.75, 3.05) is 6.79 Å². The summed E-state index contributed by atoms with van der Waals surface area (Å²) in [7, 11) is 0. The summed E-state index contributed by atoms with van der Waals surface area (Å²) < 4.78 is 12.1. The van der Waals surface area contributed by atoms with E-state index in [1.165, 1.54) is 21.8 Å². The highest BCUT2D eigenvalue weighted by molar-refractivity contribution is 7.15. The molecule has 2 aliphatic rings. The summed E-state index contributed by atoms with van der Waals surface area (Å²) in [5, 5.41) is 4.49. The summed E-state index contributed by atoms with van der Waals surface area (Å²) in [5.74, 6) is 0.691. The number of hydrogen-bond acceptors (Lipinski definition) is 7. The van der Waals surface area contributed by atoms with Gasteiger partial charge >= 0.3 is 6.03 Å². The van der Waals surface area contributed by atoms with E-state index in [2.05, 4.69) is 10.3 Å². The summed E-state index contributed by atoms with van der Waals surface area (Å²) in [6.45, 7) is 1.67. The fourth-order valence-corrected chi connectivity index (χ4v) is 4.11. The summed E-state index contributed by atoms with van der Waals surface area (Å²) in [6, 6.07) is 5.90. The van der Waals surface area contributed by atoms with E-state index in [-0.39, 0.29) is 18.9 Å². The molecule has 3 amide bonds. The summed E-state index contributed by atoms with van der Waals surface area (Å²) >= 11 is 1.31. The van der Waals surface area contributed by atoms with Crippen LogP contribution in [0.25, 0.3) is 4.96 Å². The highest BCUT2D eigenvalue weighted by Gasteiger charge is 2.49. The molecule has 0 saturated carbocycles. The number of hydrogen-bond donors (Lipinski definition) is 1. The Kier molecular flexibility index (Phi) is 3.47. The predicted molar refractivity (Wildman–Crippen MR) is 98.3 cm³/mol. The van der Waals surface area contributed by atoms with E-state index >= 15 is 0 Å². The van der Waals surface area contributed by atoms with Crippen molar-refractivity contribution >= 4 is 28.2 Å². The fourth-order valence-electron chi connectivity index (χ4n) is 3.37. The quantitative estimate of drug-likeness (QED) is 0.670. The lowest BCUT2D eigenvalue weighted by Crippen LogP contribution is -2.40. The van der Waals surface area contributed by atoms with Crippen LogP contribution in [0.3, 0.4) is 0 Å². The molecule has 1 saturated heterocycles. The average molecular weight is 398 g/mol. The molecule has 1 unspecified atom stereocenters. The maximum atomic E-state index is 13.1. The SMILES string of the molecule is CC1(c2ccc3c(c2)OCO3)NC(=O)N(Cc2cc(=O)n3ccsc3n2)C1=O. The second kappa shape index (κ2) is 5.80. The minimum atomic E-state index is -1.25. The second-order valence-corrected chi connectivity index (χ2v) is 7.53. The summed E-state index contributed by atoms with van der Waals surface area (Å²) in [4.78, 5) is 43.7. The molecule has 0 bridgehead atoms. The normalized spacial score (nSPS) is 20.8. The van der Waals surface area contributed by atoms with Crippen LogP contribution >= 0.6 is 11.3 Å². The third-order valence-electron chi connectivity index (χ3n) is 4.90. The van der Waals surface area contributed by atoms with Crippen LogP contribution in [0.5, 0.6) is 11.5 Å². The van der Waals surface area contributed by atoms with E-state index in [0.29, 0.717) is 27.7 Å². The van der Waals surface area contributed by atoms with Gasteiger partial charge in [0.25, 0.3) is 11.5 Å². The third kappa shape index (κ3) is 2.38. The molecule has 1 aromatic carbocycles. The van der Waals surface area contributed by atoms with E-state index in [1.54, 1.807) is 36.7 Å². The zero-order chi connectivity index (χ0) is 19.5. The van der Waals surface area contributed by atoms with Crippen LogP contribution in [0.15, 0.2) is 40.6 Å². The zero-order valence-corrected chi connectivity index (χ0v) is 15.5. The Balaban J connectivity index is 1.47. The number of amides is 3. The second-order valence-electron chi connectivity index (χ2n) is 6.66. The number of rotatable bonds is 3. The lowest BCUT2D eigenvalue weighted by molar-refractivity contribution is -0.131. The first-order chi connectivity index (χ1) is 13.5. The monoisotopic (exact) mass is 398 g/mol. The van der Waals surface area contributed by atoms with E-state index in [1.807, 2.05) is 0 Å². The van der Waals surface area contributed by atoms with Crippen LogP contribution in [-0.2, 0) is 16.9 Å². The average Bonchev–Trinajstić information content (AvgIpc) is 3.37. The Bertz CT molecular complexity index is 1200. The van der Waals surface area contributed by atoms with Crippen molar-refractivity contribution in [2.24, 2.45) is 0 Å². The molecule has 10 heteroatoms. The minimum absolute atomic E-state index is 0.0888. The lowest BCUT2D eigenvalue weighted by atomic mass is 9.91. The van der Waals surface area contributed by atoms with Gasteiger partial charge in [-0.2, -0.15) is 0 Å². The highest BCUT2D eigenvalue weighted by Crippen LogP contribution is 2.38. The van der Waals surface area contributed by atoms with Crippen LogP contribution in [0, 0.1) is 0 Å². The van der Waals surface area contributed by atoms with Gasteiger partial charge in [-0.15, -0.1) is 11.3 Å². The summed E-state index contributed by atoms with van der Waals surface area (Å²) in [5.41, 5.74) is -0.572. The van der Waals surface area contributed by atoms with E-state index in [0.717, 1.165) is 4.90 Å². The van der Waals surface area contributed by atoms with Crippen molar-refractivity contribution in [3.05, 3.63) is 57.5 Å². The number of carbonyl (C=O) groups is 2. The number of imide groups is 1. The number of fused-ring (bicyclic) bond motifs is 2. The molecule has 142 valence electrons. The maximum Gasteiger partial charge on any atom is 0.325 e. The number of aromatic nitrogens is 2. The van der Waals surface area contributed by atoms with Gasteiger partial charge in [-0.25, -0.2) is 9.78 Å². The number of urea groups is 1. The molecule has 1 atom stereocenters. The van der Waals surface area contributed by atoms with Gasteiger partial charge < -0.3 is 14.8 Å².